The third-order valence-corrected chi connectivity index (χ3v) is 1.25. The molecule has 54 valence electrons. The second-order valence-electron chi connectivity index (χ2n) is 2.06. The molecule has 10 heavy (non-hydrogen) atoms. The van der Waals surface area contributed by atoms with Crippen LogP contribution in [0.2, 0.25) is 0 Å². The molecule has 1 aromatic heterocycles. The van der Waals surface area contributed by atoms with Crippen LogP contribution in [0.3, 0.4) is 0 Å². The van der Waals surface area contributed by atoms with Crippen molar-refractivity contribution in [3.05, 3.63) is 24.0 Å². The van der Waals surface area contributed by atoms with Crippen molar-refractivity contribution in [2.24, 2.45) is 7.05 Å². The summed E-state index contributed by atoms with van der Waals surface area (Å²) in [7, 11) is 3.22. The Bertz CT molecular complexity index is 240. The molecular weight excluding hydrogens is 130 g/mol. The zero-order valence-corrected chi connectivity index (χ0v) is 6.00. The van der Waals surface area contributed by atoms with Gasteiger partial charge in [0.1, 0.15) is 0 Å². The third-order valence-electron chi connectivity index (χ3n) is 1.25. The molecule has 3 heteroatoms. The van der Waals surface area contributed by atoms with Crippen LogP contribution in [0.25, 0.3) is 0 Å². The molecule has 1 rings (SSSR count). The van der Waals surface area contributed by atoms with Gasteiger partial charge in [-0.1, -0.05) is 0 Å². The first-order chi connectivity index (χ1) is 4.74. The average molecular weight is 139 g/mol. The number of nitrogens with zero attached hydrogens (tertiary/aromatic N) is 1. The van der Waals surface area contributed by atoms with E-state index in [2.05, 4.69) is 4.74 Å². The Labute approximate surface area is 59.2 Å². The lowest BCUT2D eigenvalue weighted by molar-refractivity contribution is 0.0601. The molecule has 0 radical (unpaired) electrons. The second kappa shape index (κ2) is 2.56. The van der Waals surface area contributed by atoms with Crippen molar-refractivity contribution in [3.8, 4) is 0 Å². The second-order valence-corrected chi connectivity index (χ2v) is 2.06. The minimum atomic E-state index is -0.291. The normalized spacial score (nSPS) is 9.40. The molecule has 0 atom stereocenters. The molecule has 0 unspecified atom stereocenters. The van der Waals surface area contributed by atoms with Crippen LogP contribution >= 0.6 is 0 Å². The van der Waals surface area contributed by atoms with Gasteiger partial charge in [0.2, 0.25) is 0 Å². The van der Waals surface area contributed by atoms with Gasteiger partial charge in [0, 0.05) is 19.4 Å². The Balaban J connectivity index is 2.85. The highest BCUT2D eigenvalue weighted by atomic mass is 16.5. The fourth-order valence-electron chi connectivity index (χ4n) is 0.742. The number of carbonyl (C=O) groups is 1. The van der Waals surface area contributed by atoms with E-state index >= 15 is 0 Å². The highest BCUT2D eigenvalue weighted by Gasteiger charge is 2.03. The Morgan fingerprint density at radius 3 is 2.80 bits per heavy atom. The Hall–Kier alpha value is -1.25. The van der Waals surface area contributed by atoms with E-state index in [9.17, 15) is 4.79 Å². The van der Waals surface area contributed by atoms with Crippen molar-refractivity contribution in [1.29, 1.82) is 0 Å². The number of esters is 1. The molecule has 0 aliphatic rings. The topological polar surface area (TPSA) is 31.2 Å². The lowest BCUT2D eigenvalue weighted by atomic mass is 10.3. The van der Waals surface area contributed by atoms with Crippen molar-refractivity contribution in [2.45, 2.75) is 0 Å². The molecule has 0 saturated carbocycles. The zero-order valence-electron chi connectivity index (χ0n) is 6.00. The molecule has 0 N–H and O–H groups in total. The SMILES string of the molecule is COC(=O)c1ccn(C)c1. The Morgan fingerprint density at radius 1 is 1.70 bits per heavy atom. The number of methoxy groups -OCH3 is 1. The summed E-state index contributed by atoms with van der Waals surface area (Å²) in [6.45, 7) is 0. The van der Waals surface area contributed by atoms with Crippen LogP contribution in [-0.4, -0.2) is 17.6 Å². The maximum absolute atomic E-state index is 10.8. The van der Waals surface area contributed by atoms with Gasteiger partial charge < -0.3 is 9.30 Å². The van der Waals surface area contributed by atoms with E-state index in [1.807, 2.05) is 7.05 Å². The van der Waals surface area contributed by atoms with Gasteiger partial charge in [-0.15, -0.1) is 0 Å². The number of carbonyl (C=O) groups excluding carboxylic acids is 1. The predicted octanol–water partition coefficient (Wildman–Crippen LogP) is 0.812. The maximum atomic E-state index is 10.8. The summed E-state index contributed by atoms with van der Waals surface area (Å²) in [4.78, 5) is 10.8. The monoisotopic (exact) mass is 139 g/mol. The number of rotatable bonds is 1. The van der Waals surface area contributed by atoms with Crippen molar-refractivity contribution >= 4 is 5.97 Å². The van der Waals surface area contributed by atoms with E-state index in [1.54, 1.807) is 23.0 Å². The van der Waals surface area contributed by atoms with Crippen LogP contribution in [-0.2, 0) is 11.8 Å². The van der Waals surface area contributed by atoms with Crippen LogP contribution < -0.4 is 0 Å². The first-order valence-corrected chi connectivity index (χ1v) is 2.94. The van der Waals surface area contributed by atoms with Crippen molar-refractivity contribution in [3.63, 3.8) is 0 Å². The van der Waals surface area contributed by atoms with Gasteiger partial charge >= 0.3 is 5.97 Å². The van der Waals surface area contributed by atoms with Gasteiger partial charge in [-0.25, -0.2) is 4.79 Å². The minimum Gasteiger partial charge on any atom is -0.465 e. The summed E-state index contributed by atoms with van der Waals surface area (Å²) in [5.41, 5.74) is 0.588. The van der Waals surface area contributed by atoms with E-state index in [0.29, 0.717) is 5.56 Å². The maximum Gasteiger partial charge on any atom is 0.339 e. The standard InChI is InChI=1S/C7H9NO2/c1-8-4-3-6(5-8)7(9)10-2/h3-5H,1-2H3. The van der Waals surface area contributed by atoms with E-state index < -0.39 is 0 Å². The van der Waals surface area contributed by atoms with E-state index in [4.69, 9.17) is 0 Å². The summed E-state index contributed by atoms with van der Waals surface area (Å²) in [6, 6.07) is 1.71. The fourth-order valence-corrected chi connectivity index (χ4v) is 0.742. The quantitative estimate of drug-likeness (QED) is 0.539. The lowest BCUT2D eigenvalue weighted by Crippen LogP contribution is -1.98. The van der Waals surface area contributed by atoms with Crippen molar-refractivity contribution < 1.29 is 9.53 Å². The van der Waals surface area contributed by atoms with Crippen LogP contribution in [0.15, 0.2) is 18.5 Å². The Kier molecular flexibility index (Phi) is 1.76. The summed E-state index contributed by atoms with van der Waals surface area (Å²) < 4.78 is 6.30. The summed E-state index contributed by atoms with van der Waals surface area (Å²) >= 11 is 0. The summed E-state index contributed by atoms with van der Waals surface area (Å²) in [6.07, 6.45) is 3.51. The average Bonchev–Trinajstić information content (AvgIpc) is 2.34. The van der Waals surface area contributed by atoms with Crippen LogP contribution in [0.1, 0.15) is 10.4 Å². The van der Waals surface area contributed by atoms with Gasteiger partial charge in [0.05, 0.1) is 12.7 Å². The molecule has 0 saturated heterocycles. The molecule has 0 aliphatic heterocycles. The van der Waals surface area contributed by atoms with Gasteiger partial charge in [0.15, 0.2) is 0 Å². The number of hydrogen-bond acceptors (Lipinski definition) is 2. The number of hydrogen-bond donors (Lipinski definition) is 0. The van der Waals surface area contributed by atoms with E-state index in [0.717, 1.165) is 0 Å². The number of ether oxygens (including phenoxy) is 1. The third kappa shape index (κ3) is 1.18. The highest BCUT2D eigenvalue weighted by molar-refractivity contribution is 5.88. The van der Waals surface area contributed by atoms with Crippen molar-refractivity contribution in [2.75, 3.05) is 7.11 Å². The first-order valence-electron chi connectivity index (χ1n) is 2.94. The zero-order chi connectivity index (χ0) is 7.56. The van der Waals surface area contributed by atoms with Gasteiger partial charge in [-0.05, 0) is 6.07 Å². The highest BCUT2D eigenvalue weighted by Crippen LogP contribution is 2.00. The molecule has 1 aromatic rings. The number of aromatic nitrogens is 1. The molecule has 0 bridgehead atoms. The lowest BCUT2D eigenvalue weighted by Gasteiger charge is -1.91. The molecule has 0 spiro atoms. The molecule has 0 fully saturated rings. The minimum absolute atomic E-state index is 0.291. The van der Waals surface area contributed by atoms with Gasteiger partial charge in [0.25, 0.3) is 0 Å². The molecule has 0 aromatic carbocycles. The summed E-state index contributed by atoms with van der Waals surface area (Å²) in [5, 5.41) is 0. The molecular formula is C7H9NO2. The number of aryl methyl sites for hydroxylation is 1. The molecule has 3 nitrogen and oxygen atoms in total. The van der Waals surface area contributed by atoms with Crippen molar-refractivity contribution in [1.82, 2.24) is 4.57 Å². The molecule has 0 aliphatic carbocycles. The van der Waals surface area contributed by atoms with E-state index in [1.165, 1.54) is 7.11 Å². The molecule has 0 amide bonds. The predicted molar refractivity (Wildman–Crippen MR) is 36.8 cm³/mol. The largest absolute Gasteiger partial charge is 0.465 e. The smallest absolute Gasteiger partial charge is 0.339 e. The fraction of sp³-hybridized carbons (Fsp3) is 0.286. The molecule has 1 heterocycles. The van der Waals surface area contributed by atoms with Crippen LogP contribution in [0, 0.1) is 0 Å². The van der Waals surface area contributed by atoms with Crippen LogP contribution in [0.5, 0.6) is 0 Å². The van der Waals surface area contributed by atoms with Gasteiger partial charge in [-0.2, -0.15) is 0 Å². The van der Waals surface area contributed by atoms with E-state index in [-0.39, 0.29) is 5.97 Å². The Morgan fingerprint density at radius 2 is 2.40 bits per heavy atom. The first kappa shape index (κ1) is 6.86. The van der Waals surface area contributed by atoms with Gasteiger partial charge in [-0.3, -0.25) is 0 Å². The van der Waals surface area contributed by atoms with Crippen LogP contribution in [0.4, 0.5) is 0 Å². The summed E-state index contributed by atoms with van der Waals surface area (Å²) in [5.74, 6) is -0.291.